The number of amides is 2. The molecule has 0 unspecified atom stereocenters. The van der Waals surface area contributed by atoms with Gasteiger partial charge in [-0.05, 0) is 63.4 Å². The van der Waals surface area contributed by atoms with Crippen LogP contribution in [0, 0.1) is 5.92 Å². The van der Waals surface area contributed by atoms with Crippen LogP contribution in [-0.4, -0.2) is 81.8 Å². The van der Waals surface area contributed by atoms with Gasteiger partial charge in [0, 0.05) is 37.4 Å². The zero-order chi connectivity index (χ0) is 20.0. The third kappa shape index (κ3) is 3.27. The van der Waals surface area contributed by atoms with Gasteiger partial charge >= 0.3 is 0 Å². The molecule has 152 valence electrons. The Morgan fingerprint density at radius 2 is 1.93 bits per heavy atom. The molecule has 3 aliphatic heterocycles. The number of likely N-dealkylation sites (N-methyl/N-ethyl adjacent to an activating group) is 1. The molecule has 3 atom stereocenters. The summed E-state index contributed by atoms with van der Waals surface area (Å²) in [7, 11) is 2.04. The minimum Gasteiger partial charge on any atom is -0.339 e. The summed E-state index contributed by atoms with van der Waals surface area (Å²) < 4.78 is 0. The molecule has 2 aromatic rings. The number of hydrogen-bond acceptors (Lipinski definition) is 5. The number of hydrogen-bond donors (Lipinski definition) is 0. The normalized spacial score (nSPS) is 27.4. The molecule has 7 heteroatoms. The Bertz CT molecular complexity index is 948. The maximum atomic E-state index is 13.3. The molecule has 0 spiro atoms. The Morgan fingerprint density at radius 1 is 1.07 bits per heavy atom. The quantitative estimate of drug-likeness (QED) is 0.778. The Morgan fingerprint density at radius 3 is 2.76 bits per heavy atom. The standard InChI is InChI=1S/C22H27N5O2/c1-25-10-3-5-19(25)22(29)26-13-16-4-2-11-27(20(16)14-26)21(28)18-7-6-15-12-23-9-8-17(15)24-18/h6-9,12,16,19-20H,2-5,10-11,13-14H2,1H3/t16-,19+,20+/m0/s1. The number of piperidine rings is 1. The van der Waals surface area contributed by atoms with E-state index in [1.807, 2.05) is 29.0 Å². The van der Waals surface area contributed by atoms with E-state index in [-0.39, 0.29) is 23.9 Å². The Hall–Kier alpha value is -2.54. The summed E-state index contributed by atoms with van der Waals surface area (Å²) in [6.45, 7) is 3.15. The van der Waals surface area contributed by atoms with Crippen LogP contribution in [0.1, 0.15) is 36.2 Å². The number of likely N-dealkylation sites (tertiary alicyclic amines) is 3. The number of aromatic nitrogens is 2. The second kappa shape index (κ2) is 7.37. The van der Waals surface area contributed by atoms with E-state index in [4.69, 9.17) is 0 Å². The first-order chi connectivity index (χ1) is 14.1. The fraction of sp³-hybridized carbons (Fsp3) is 0.545. The molecule has 0 radical (unpaired) electrons. The Balaban J connectivity index is 1.35. The average molecular weight is 393 g/mol. The summed E-state index contributed by atoms with van der Waals surface area (Å²) >= 11 is 0. The molecule has 0 aliphatic carbocycles. The Labute approximate surface area is 170 Å². The number of carbonyl (C=O) groups is 2. The largest absolute Gasteiger partial charge is 0.339 e. The predicted octanol–water partition coefficient (Wildman–Crippen LogP) is 1.79. The van der Waals surface area contributed by atoms with Gasteiger partial charge < -0.3 is 9.80 Å². The van der Waals surface area contributed by atoms with Gasteiger partial charge in [-0.15, -0.1) is 0 Å². The minimum absolute atomic E-state index is 0.00932. The summed E-state index contributed by atoms with van der Waals surface area (Å²) in [5.74, 6) is 0.585. The van der Waals surface area contributed by atoms with Crippen molar-refractivity contribution in [2.24, 2.45) is 5.92 Å². The van der Waals surface area contributed by atoms with Gasteiger partial charge in [-0.3, -0.25) is 19.5 Å². The number of fused-ring (bicyclic) bond motifs is 2. The first kappa shape index (κ1) is 18.5. The molecule has 5 rings (SSSR count). The van der Waals surface area contributed by atoms with Crippen molar-refractivity contribution in [3.63, 3.8) is 0 Å². The van der Waals surface area contributed by atoms with Crippen LogP contribution in [0.2, 0.25) is 0 Å². The van der Waals surface area contributed by atoms with Gasteiger partial charge in [0.2, 0.25) is 5.91 Å². The van der Waals surface area contributed by atoms with Crippen molar-refractivity contribution < 1.29 is 9.59 Å². The van der Waals surface area contributed by atoms with Crippen molar-refractivity contribution in [1.29, 1.82) is 0 Å². The molecule has 0 N–H and O–H groups in total. The van der Waals surface area contributed by atoms with Crippen molar-refractivity contribution in [2.75, 3.05) is 33.2 Å². The fourth-order valence-electron chi connectivity index (χ4n) is 5.28. The van der Waals surface area contributed by atoms with Crippen LogP contribution in [0.15, 0.2) is 30.6 Å². The van der Waals surface area contributed by atoms with E-state index in [1.165, 1.54) is 0 Å². The molecule has 5 heterocycles. The number of rotatable bonds is 2. The highest BCUT2D eigenvalue weighted by molar-refractivity contribution is 5.95. The molecule has 3 saturated heterocycles. The smallest absolute Gasteiger partial charge is 0.272 e. The molecular formula is C22H27N5O2. The molecular weight excluding hydrogens is 366 g/mol. The van der Waals surface area contributed by atoms with Crippen molar-refractivity contribution in [1.82, 2.24) is 24.7 Å². The van der Waals surface area contributed by atoms with Gasteiger partial charge in [-0.2, -0.15) is 0 Å². The van der Waals surface area contributed by atoms with Gasteiger partial charge in [-0.25, -0.2) is 4.98 Å². The summed E-state index contributed by atoms with van der Waals surface area (Å²) in [4.78, 5) is 41.2. The maximum Gasteiger partial charge on any atom is 0.272 e. The van der Waals surface area contributed by atoms with Gasteiger partial charge in [0.05, 0.1) is 17.6 Å². The summed E-state index contributed by atoms with van der Waals surface area (Å²) in [5, 5.41) is 0.930. The number of pyridine rings is 2. The van der Waals surface area contributed by atoms with Gasteiger partial charge in [0.1, 0.15) is 5.69 Å². The van der Waals surface area contributed by atoms with Crippen LogP contribution in [0.3, 0.4) is 0 Å². The average Bonchev–Trinajstić information content (AvgIpc) is 3.38. The second-order valence-corrected chi connectivity index (χ2v) is 8.61. The third-order valence-corrected chi connectivity index (χ3v) is 6.87. The van der Waals surface area contributed by atoms with Crippen LogP contribution >= 0.6 is 0 Å². The molecule has 0 saturated carbocycles. The highest BCUT2D eigenvalue weighted by atomic mass is 16.2. The molecule has 3 fully saturated rings. The molecule has 0 aromatic carbocycles. The highest BCUT2D eigenvalue weighted by Gasteiger charge is 2.44. The van der Waals surface area contributed by atoms with E-state index in [2.05, 4.69) is 14.9 Å². The van der Waals surface area contributed by atoms with E-state index in [0.29, 0.717) is 18.2 Å². The summed E-state index contributed by atoms with van der Waals surface area (Å²) in [5.41, 5.74) is 1.26. The Kier molecular flexibility index (Phi) is 4.70. The lowest BCUT2D eigenvalue weighted by Gasteiger charge is -2.36. The first-order valence-corrected chi connectivity index (χ1v) is 10.6. The molecule has 7 nitrogen and oxygen atoms in total. The summed E-state index contributed by atoms with van der Waals surface area (Å²) in [6.07, 6.45) is 7.54. The summed E-state index contributed by atoms with van der Waals surface area (Å²) in [6, 6.07) is 5.64. The van der Waals surface area contributed by atoms with Crippen molar-refractivity contribution in [3.05, 3.63) is 36.3 Å². The minimum atomic E-state index is -0.0225. The van der Waals surface area contributed by atoms with Gasteiger partial charge in [0.15, 0.2) is 0 Å². The monoisotopic (exact) mass is 393 g/mol. The van der Waals surface area contributed by atoms with Gasteiger partial charge in [0.25, 0.3) is 5.91 Å². The SMILES string of the molecule is CN1CCC[C@@H]1C(=O)N1C[C@@H]2CCCN(C(=O)c3ccc4cnccc4n3)[C@@H]2C1. The highest BCUT2D eigenvalue weighted by Crippen LogP contribution is 2.33. The molecule has 2 aromatic heterocycles. The van der Waals surface area contributed by atoms with Crippen molar-refractivity contribution in [3.8, 4) is 0 Å². The van der Waals surface area contributed by atoms with E-state index < -0.39 is 0 Å². The number of nitrogens with zero attached hydrogens (tertiary/aromatic N) is 5. The predicted molar refractivity (Wildman–Crippen MR) is 109 cm³/mol. The molecule has 3 aliphatic rings. The lowest BCUT2D eigenvalue weighted by atomic mass is 9.92. The van der Waals surface area contributed by atoms with Crippen LogP contribution < -0.4 is 0 Å². The molecule has 0 bridgehead atoms. The lowest BCUT2D eigenvalue weighted by Crippen LogP contribution is -2.49. The van der Waals surface area contributed by atoms with E-state index >= 15 is 0 Å². The zero-order valence-electron chi connectivity index (χ0n) is 16.8. The second-order valence-electron chi connectivity index (χ2n) is 8.61. The number of carbonyl (C=O) groups excluding carboxylic acids is 2. The van der Waals surface area contributed by atoms with Crippen LogP contribution in [0.25, 0.3) is 10.9 Å². The topological polar surface area (TPSA) is 69.6 Å². The molecule has 29 heavy (non-hydrogen) atoms. The van der Waals surface area contributed by atoms with Crippen molar-refractivity contribution >= 4 is 22.7 Å². The van der Waals surface area contributed by atoms with E-state index in [0.717, 1.165) is 56.2 Å². The molecule has 2 amide bonds. The fourth-order valence-corrected chi connectivity index (χ4v) is 5.28. The van der Waals surface area contributed by atoms with Crippen LogP contribution in [0.4, 0.5) is 0 Å². The lowest BCUT2D eigenvalue weighted by molar-refractivity contribution is -0.134. The maximum absolute atomic E-state index is 13.3. The van der Waals surface area contributed by atoms with Crippen LogP contribution in [0.5, 0.6) is 0 Å². The van der Waals surface area contributed by atoms with E-state index in [9.17, 15) is 9.59 Å². The first-order valence-electron chi connectivity index (χ1n) is 10.6. The van der Waals surface area contributed by atoms with Crippen LogP contribution in [-0.2, 0) is 4.79 Å². The zero-order valence-corrected chi connectivity index (χ0v) is 16.8. The van der Waals surface area contributed by atoms with Gasteiger partial charge in [-0.1, -0.05) is 0 Å². The van der Waals surface area contributed by atoms with Crippen molar-refractivity contribution in [2.45, 2.75) is 37.8 Å². The third-order valence-electron chi connectivity index (χ3n) is 6.87. The van der Waals surface area contributed by atoms with E-state index in [1.54, 1.807) is 18.5 Å².